The van der Waals surface area contributed by atoms with Crippen molar-refractivity contribution in [1.82, 2.24) is 14.8 Å². The van der Waals surface area contributed by atoms with Gasteiger partial charge < -0.3 is 4.90 Å². The van der Waals surface area contributed by atoms with Gasteiger partial charge in [0.15, 0.2) is 0 Å². The number of aromatic nitrogens is 1. The van der Waals surface area contributed by atoms with E-state index in [9.17, 15) is 0 Å². The van der Waals surface area contributed by atoms with Crippen LogP contribution < -0.4 is 0 Å². The van der Waals surface area contributed by atoms with Gasteiger partial charge in [-0.3, -0.25) is 9.88 Å². The molecule has 2 aliphatic carbocycles. The summed E-state index contributed by atoms with van der Waals surface area (Å²) in [6, 6.07) is 5.92. The third kappa shape index (κ3) is 3.29. The van der Waals surface area contributed by atoms with Gasteiger partial charge in [-0.2, -0.15) is 0 Å². The second kappa shape index (κ2) is 6.05. The predicted molar refractivity (Wildman–Crippen MR) is 87.2 cm³/mol. The van der Waals surface area contributed by atoms with Crippen molar-refractivity contribution in [2.45, 2.75) is 51.2 Å². The number of nitrogens with zero attached hydrogens (tertiary/aromatic N) is 3. The predicted octanol–water partition coefficient (Wildman–Crippen LogP) is 2.94. The van der Waals surface area contributed by atoms with Crippen molar-refractivity contribution in [2.75, 3.05) is 21.1 Å². The molecule has 116 valence electrons. The van der Waals surface area contributed by atoms with Gasteiger partial charge in [0.25, 0.3) is 0 Å². The molecule has 2 unspecified atom stereocenters. The number of fused-ring (bicyclic) bond motifs is 1. The van der Waals surface area contributed by atoms with Crippen LogP contribution in [-0.4, -0.2) is 48.0 Å². The first-order chi connectivity index (χ1) is 10.0. The fourth-order valence-electron chi connectivity index (χ4n) is 4.31. The molecule has 3 heteroatoms. The maximum Gasteiger partial charge on any atom is 0.0544 e. The highest BCUT2D eigenvalue weighted by molar-refractivity contribution is 5.12. The van der Waals surface area contributed by atoms with Gasteiger partial charge in [0.1, 0.15) is 0 Å². The van der Waals surface area contributed by atoms with Gasteiger partial charge in [0.2, 0.25) is 0 Å². The molecule has 21 heavy (non-hydrogen) atoms. The molecule has 0 N–H and O–H groups in total. The van der Waals surface area contributed by atoms with Crippen molar-refractivity contribution in [1.29, 1.82) is 0 Å². The minimum Gasteiger partial charge on any atom is -0.306 e. The van der Waals surface area contributed by atoms with Crippen LogP contribution in [0.3, 0.4) is 0 Å². The highest BCUT2D eigenvalue weighted by atomic mass is 15.1. The molecule has 1 aromatic rings. The molecule has 0 amide bonds. The zero-order chi connectivity index (χ0) is 15.0. The van der Waals surface area contributed by atoms with E-state index in [0.29, 0.717) is 0 Å². The van der Waals surface area contributed by atoms with E-state index in [1.807, 2.05) is 6.20 Å². The molecule has 2 aliphatic rings. The topological polar surface area (TPSA) is 19.4 Å². The summed E-state index contributed by atoms with van der Waals surface area (Å²) in [5, 5.41) is 0. The van der Waals surface area contributed by atoms with Crippen LogP contribution >= 0.6 is 0 Å². The van der Waals surface area contributed by atoms with E-state index in [1.54, 1.807) is 0 Å². The molecule has 0 aromatic carbocycles. The first-order valence-electron chi connectivity index (χ1n) is 8.31. The average Bonchev–Trinajstić information content (AvgIpc) is 2.99. The highest BCUT2D eigenvalue weighted by Gasteiger charge is 2.43. The molecule has 3 rings (SSSR count). The van der Waals surface area contributed by atoms with Gasteiger partial charge in [-0.05, 0) is 77.2 Å². The van der Waals surface area contributed by atoms with Gasteiger partial charge in [-0.1, -0.05) is 6.07 Å². The fourth-order valence-corrected chi connectivity index (χ4v) is 4.31. The van der Waals surface area contributed by atoms with Crippen molar-refractivity contribution < 1.29 is 0 Å². The van der Waals surface area contributed by atoms with Crippen LogP contribution in [0.1, 0.15) is 36.9 Å². The maximum absolute atomic E-state index is 4.55. The summed E-state index contributed by atoms with van der Waals surface area (Å²) in [7, 11) is 6.74. The van der Waals surface area contributed by atoms with E-state index in [4.69, 9.17) is 0 Å². The molecule has 0 saturated heterocycles. The lowest BCUT2D eigenvalue weighted by Crippen LogP contribution is -2.31. The maximum atomic E-state index is 4.55. The van der Waals surface area contributed by atoms with Crippen molar-refractivity contribution in [3.8, 4) is 0 Å². The second-order valence-electron chi connectivity index (χ2n) is 7.48. The van der Waals surface area contributed by atoms with Crippen LogP contribution in [-0.2, 0) is 6.54 Å². The zero-order valence-electron chi connectivity index (χ0n) is 13.9. The lowest BCUT2D eigenvalue weighted by molar-refractivity contribution is 0.210. The number of hydrogen-bond donors (Lipinski definition) is 0. The summed E-state index contributed by atoms with van der Waals surface area (Å²) in [5.74, 6) is 1.91. The summed E-state index contributed by atoms with van der Waals surface area (Å²) in [4.78, 5) is 9.50. The fraction of sp³-hybridized carbons (Fsp3) is 0.722. The summed E-state index contributed by atoms with van der Waals surface area (Å²) in [6.07, 6.45) is 7.57. The van der Waals surface area contributed by atoms with Gasteiger partial charge in [-0.15, -0.1) is 0 Å². The van der Waals surface area contributed by atoms with Gasteiger partial charge in [0.05, 0.1) is 5.69 Å². The molecule has 0 bridgehead atoms. The molecule has 2 saturated carbocycles. The largest absolute Gasteiger partial charge is 0.306 e. The summed E-state index contributed by atoms with van der Waals surface area (Å²) >= 11 is 0. The highest BCUT2D eigenvalue weighted by Crippen LogP contribution is 2.46. The van der Waals surface area contributed by atoms with Crippen LogP contribution in [0.25, 0.3) is 0 Å². The smallest absolute Gasteiger partial charge is 0.0544 e. The molecular formula is C18H29N3. The second-order valence-corrected chi connectivity index (χ2v) is 7.48. The Kier molecular flexibility index (Phi) is 4.32. The summed E-state index contributed by atoms with van der Waals surface area (Å²) in [6.45, 7) is 3.08. The van der Waals surface area contributed by atoms with Gasteiger partial charge >= 0.3 is 0 Å². The summed E-state index contributed by atoms with van der Waals surface area (Å²) in [5.41, 5.74) is 2.44. The molecule has 0 radical (unpaired) electrons. The van der Waals surface area contributed by atoms with E-state index in [0.717, 1.165) is 30.5 Å². The average molecular weight is 287 g/mol. The van der Waals surface area contributed by atoms with Crippen LogP contribution in [0.2, 0.25) is 0 Å². The zero-order valence-corrected chi connectivity index (χ0v) is 13.9. The Bertz CT molecular complexity index is 454. The lowest BCUT2D eigenvalue weighted by atomic mass is 10.0. The Labute approximate surface area is 129 Å². The van der Waals surface area contributed by atoms with Crippen LogP contribution in [0, 0.1) is 18.8 Å². The Morgan fingerprint density at radius 2 is 1.62 bits per heavy atom. The van der Waals surface area contributed by atoms with Crippen LogP contribution in [0.5, 0.6) is 0 Å². The molecule has 1 heterocycles. The molecule has 0 spiro atoms. The quantitative estimate of drug-likeness (QED) is 0.849. The van der Waals surface area contributed by atoms with E-state index in [2.05, 4.69) is 55.0 Å². The van der Waals surface area contributed by atoms with Gasteiger partial charge in [0, 0.05) is 24.8 Å². The van der Waals surface area contributed by atoms with E-state index >= 15 is 0 Å². The number of rotatable bonds is 4. The van der Waals surface area contributed by atoms with E-state index in [1.165, 1.54) is 36.9 Å². The van der Waals surface area contributed by atoms with E-state index < -0.39 is 0 Å². The lowest BCUT2D eigenvalue weighted by Gasteiger charge is -2.26. The minimum atomic E-state index is 0.756. The van der Waals surface area contributed by atoms with Gasteiger partial charge in [-0.25, -0.2) is 0 Å². The van der Waals surface area contributed by atoms with Crippen molar-refractivity contribution in [3.05, 3.63) is 29.6 Å². The van der Waals surface area contributed by atoms with Crippen LogP contribution in [0.4, 0.5) is 0 Å². The number of aryl methyl sites for hydroxylation is 1. The SMILES string of the molecule is Cc1ccc(CN(C)C2C[C@H]3CC(N(C)C)C[C@H]3C2)nc1. The Morgan fingerprint density at radius 3 is 2.14 bits per heavy atom. The first kappa shape index (κ1) is 15.0. The Balaban J connectivity index is 1.54. The normalized spacial score (nSPS) is 32.1. The monoisotopic (exact) mass is 287 g/mol. The number of pyridine rings is 1. The minimum absolute atomic E-state index is 0.756. The van der Waals surface area contributed by atoms with Crippen molar-refractivity contribution >= 4 is 0 Å². The van der Waals surface area contributed by atoms with Crippen molar-refractivity contribution in [2.24, 2.45) is 11.8 Å². The molecule has 2 fully saturated rings. The molecule has 0 aliphatic heterocycles. The first-order valence-corrected chi connectivity index (χ1v) is 8.31. The standard InChI is InChI=1S/C18H29N3/c1-13-5-6-16(19-11-13)12-21(4)18-9-14-7-17(20(2)3)8-15(14)10-18/h5-6,11,14-15,17-18H,7-10,12H2,1-4H3/t14-,15+,17?,18?. The third-order valence-electron chi connectivity index (χ3n) is 5.70. The molecule has 1 aromatic heterocycles. The Morgan fingerprint density at radius 1 is 1.00 bits per heavy atom. The third-order valence-corrected chi connectivity index (χ3v) is 5.70. The summed E-state index contributed by atoms with van der Waals surface area (Å²) < 4.78 is 0. The van der Waals surface area contributed by atoms with Crippen molar-refractivity contribution in [3.63, 3.8) is 0 Å². The number of hydrogen-bond acceptors (Lipinski definition) is 3. The van der Waals surface area contributed by atoms with Crippen LogP contribution in [0.15, 0.2) is 18.3 Å². The molecule has 4 atom stereocenters. The molecular weight excluding hydrogens is 258 g/mol. The Hall–Kier alpha value is -0.930. The van der Waals surface area contributed by atoms with E-state index in [-0.39, 0.29) is 0 Å². The molecule has 3 nitrogen and oxygen atoms in total.